The third-order valence-electron chi connectivity index (χ3n) is 3.65. The van der Waals surface area contributed by atoms with Gasteiger partial charge in [-0.15, -0.1) is 0 Å². The van der Waals surface area contributed by atoms with E-state index in [4.69, 9.17) is 5.73 Å². The van der Waals surface area contributed by atoms with Crippen LogP contribution in [0, 0.1) is 6.92 Å². The lowest BCUT2D eigenvalue weighted by molar-refractivity contribution is 0.459. The number of rotatable bonds is 1. The molecule has 0 atom stereocenters. The van der Waals surface area contributed by atoms with E-state index in [9.17, 15) is 0 Å². The SMILES string of the molecule is Cc1ccccc1C1CCNCC1.Nc1cccnc1. The lowest BCUT2D eigenvalue weighted by atomic mass is 9.88. The minimum Gasteiger partial charge on any atom is -0.397 e. The summed E-state index contributed by atoms with van der Waals surface area (Å²) in [6.45, 7) is 4.58. The van der Waals surface area contributed by atoms with Crippen molar-refractivity contribution in [3.8, 4) is 0 Å². The van der Waals surface area contributed by atoms with Gasteiger partial charge in [0.25, 0.3) is 0 Å². The molecule has 2 aromatic rings. The second kappa shape index (κ2) is 7.65. The summed E-state index contributed by atoms with van der Waals surface area (Å²) in [5.74, 6) is 0.794. The van der Waals surface area contributed by atoms with Crippen molar-refractivity contribution < 1.29 is 0 Å². The molecule has 0 radical (unpaired) electrons. The highest BCUT2D eigenvalue weighted by molar-refractivity contribution is 5.32. The first-order valence-electron chi connectivity index (χ1n) is 7.19. The molecular weight excluding hydrogens is 246 g/mol. The van der Waals surface area contributed by atoms with Crippen LogP contribution in [0.4, 0.5) is 5.69 Å². The summed E-state index contributed by atoms with van der Waals surface area (Å²) in [7, 11) is 0. The van der Waals surface area contributed by atoms with E-state index in [1.807, 2.05) is 0 Å². The topological polar surface area (TPSA) is 50.9 Å². The first kappa shape index (κ1) is 14.5. The van der Waals surface area contributed by atoms with Gasteiger partial charge in [-0.05, 0) is 62.0 Å². The number of aryl methyl sites for hydroxylation is 1. The van der Waals surface area contributed by atoms with Crippen LogP contribution in [0.2, 0.25) is 0 Å². The van der Waals surface area contributed by atoms with Crippen molar-refractivity contribution in [1.29, 1.82) is 0 Å². The lowest BCUT2D eigenvalue weighted by Gasteiger charge is -2.24. The Balaban J connectivity index is 0.000000178. The normalized spacial score (nSPS) is 15.2. The zero-order valence-corrected chi connectivity index (χ0v) is 12.0. The highest BCUT2D eigenvalue weighted by Crippen LogP contribution is 2.27. The van der Waals surface area contributed by atoms with Gasteiger partial charge in [0.05, 0.1) is 5.69 Å². The zero-order chi connectivity index (χ0) is 14.2. The number of nitrogens with zero attached hydrogens (tertiary/aromatic N) is 1. The molecule has 2 heterocycles. The van der Waals surface area contributed by atoms with Crippen molar-refractivity contribution in [1.82, 2.24) is 10.3 Å². The van der Waals surface area contributed by atoms with Crippen LogP contribution in [0.1, 0.15) is 29.9 Å². The van der Waals surface area contributed by atoms with Gasteiger partial charge >= 0.3 is 0 Å². The number of nitrogens with one attached hydrogen (secondary N) is 1. The molecule has 3 nitrogen and oxygen atoms in total. The molecule has 0 aliphatic carbocycles. The Morgan fingerprint density at radius 1 is 1.10 bits per heavy atom. The summed E-state index contributed by atoms with van der Waals surface area (Å²) in [6.07, 6.45) is 5.89. The molecule has 0 bridgehead atoms. The maximum absolute atomic E-state index is 5.30. The molecule has 20 heavy (non-hydrogen) atoms. The summed E-state index contributed by atoms with van der Waals surface area (Å²) in [5, 5.41) is 3.40. The van der Waals surface area contributed by atoms with Crippen LogP contribution in [-0.2, 0) is 0 Å². The van der Waals surface area contributed by atoms with Gasteiger partial charge in [-0.1, -0.05) is 24.3 Å². The fraction of sp³-hybridized carbons (Fsp3) is 0.353. The first-order chi connectivity index (χ1) is 9.77. The monoisotopic (exact) mass is 269 g/mol. The quantitative estimate of drug-likeness (QED) is 0.836. The number of pyridine rings is 1. The maximum atomic E-state index is 5.30. The Bertz CT molecular complexity index is 505. The average Bonchev–Trinajstić information content (AvgIpc) is 2.50. The molecule has 0 amide bonds. The first-order valence-corrected chi connectivity index (χ1v) is 7.19. The van der Waals surface area contributed by atoms with Gasteiger partial charge in [-0.2, -0.15) is 0 Å². The van der Waals surface area contributed by atoms with E-state index in [1.165, 1.54) is 31.5 Å². The summed E-state index contributed by atoms with van der Waals surface area (Å²) >= 11 is 0. The Labute approximate surface area is 121 Å². The molecule has 1 aliphatic rings. The predicted molar refractivity (Wildman–Crippen MR) is 84.7 cm³/mol. The van der Waals surface area contributed by atoms with Crippen molar-refractivity contribution in [2.24, 2.45) is 0 Å². The molecule has 1 saturated heterocycles. The van der Waals surface area contributed by atoms with E-state index < -0.39 is 0 Å². The number of nitrogens with two attached hydrogens (primary N) is 1. The molecule has 106 valence electrons. The number of nitrogen functional groups attached to an aromatic ring is 1. The molecule has 1 fully saturated rings. The summed E-state index contributed by atoms with van der Waals surface area (Å²) in [5.41, 5.74) is 9.02. The van der Waals surface area contributed by atoms with Gasteiger partial charge in [0.15, 0.2) is 0 Å². The zero-order valence-electron chi connectivity index (χ0n) is 12.0. The Morgan fingerprint density at radius 3 is 2.40 bits per heavy atom. The Kier molecular flexibility index (Phi) is 5.56. The van der Waals surface area contributed by atoms with E-state index in [1.54, 1.807) is 30.1 Å². The molecule has 1 aliphatic heterocycles. The molecule has 1 aromatic heterocycles. The van der Waals surface area contributed by atoms with E-state index >= 15 is 0 Å². The molecular formula is C17H23N3. The van der Waals surface area contributed by atoms with Gasteiger partial charge < -0.3 is 11.1 Å². The largest absolute Gasteiger partial charge is 0.397 e. The third-order valence-corrected chi connectivity index (χ3v) is 3.65. The number of hydrogen-bond acceptors (Lipinski definition) is 3. The second-order valence-corrected chi connectivity index (χ2v) is 5.17. The fourth-order valence-electron chi connectivity index (χ4n) is 2.55. The third kappa shape index (κ3) is 4.35. The van der Waals surface area contributed by atoms with Crippen molar-refractivity contribution in [3.63, 3.8) is 0 Å². The second-order valence-electron chi connectivity index (χ2n) is 5.17. The van der Waals surface area contributed by atoms with Crippen LogP contribution in [0.5, 0.6) is 0 Å². The minimum atomic E-state index is 0.711. The fourth-order valence-corrected chi connectivity index (χ4v) is 2.55. The maximum Gasteiger partial charge on any atom is 0.0500 e. The van der Waals surface area contributed by atoms with E-state index in [0.717, 1.165) is 5.92 Å². The van der Waals surface area contributed by atoms with Gasteiger partial charge in [0, 0.05) is 12.4 Å². The van der Waals surface area contributed by atoms with Crippen molar-refractivity contribution >= 4 is 5.69 Å². The van der Waals surface area contributed by atoms with Crippen LogP contribution < -0.4 is 11.1 Å². The molecule has 3 N–H and O–H groups in total. The Morgan fingerprint density at radius 2 is 1.85 bits per heavy atom. The van der Waals surface area contributed by atoms with Gasteiger partial charge in [-0.25, -0.2) is 0 Å². The average molecular weight is 269 g/mol. The summed E-state index contributed by atoms with van der Waals surface area (Å²) in [6, 6.07) is 12.4. The van der Waals surface area contributed by atoms with Gasteiger partial charge in [0.1, 0.15) is 0 Å². The van der Waals surface area contributed by atoms with Gasteiger partial charge in [0.2, 0.25) is 0 Å². The van der Waals surface area contributed by atoms with Crippen LogP contribution in [-0.4, -0.2) is 18.1 Å². The molecule has 3 heteroatoms. The summed E-state index contributed by atoms with van der Waals surface area (Å²) in [4.78, 5) is 3.76. The van der Waals surface area contributed by atoms with Crippen molar-refractivity contribution in [2.45, 2.75) is 25.7 Å². The van der Waals surface area contributed by atoms with E-state index in [-0.39, 0.29) is 0 Å². The highest BCUT2D eigenvalue weighted by Gasteiger charge is 2.15. The number of aromatic nitrogens is 1. The Hall–Kier alpha value is -1.87. The number of piperidine rings is 1. The van der Waals surface area contributed by atoms with E-state index in [2.05, 4.69) is 41.5 Å². The summed E-state index contributed by atoms with van der Waals surface area (Å²) < 4.78 is 0. The molecule has 1 aromatic carbocycles. The number of anilines is 1. The number of benzene rings is 1. The number of hydrogen-bond donors (Lipinski definition) is 2. The molecule has 0 saturated carbocycles. The van der Waals surface area contributed by atoms with E-state index in [0.29, 0.717) is 5.69 Å². The highest BCUT2D eigenvalue weighted by atomic mass is 14.9. The van der Waals surface area contributed by atoms with Crippen LogP contribution in [0.3, 0.4) is 0 Å². The molecule has 0 unspecified atom stereocenters. The minimum absolute atomic E-state index is 0.711. The standard InChI is InChI=1S/C12H17N.C5H6N2/c1-10-4-2-3-5-12(10)11-6-8-13-9-7-11;6-5-2-1-3-7-4-5/h2-5,11,13H,6-9H2,1H3;1-4H,6H2. The van der Waals surface area contributed by atoms with Crippen LogP contribution >= 0.6 is 0 Å². The molecule has 0 spiro atoms. The predicted octanol–water partition coefficient (Wildman–Crippen LogP) is 3.13. The van der Waals surface area contributed by atoms with Crippen LogP contribution in [0.25, 0.3) is 0 Å². The smallest absolute Gasteiger partial charge is 0.0500 e. The molecule has 3 rings (SSSR count). The van der Waals surface area contributed by atoms with Crippen molar-refractivity contribution in [2.75, 3.05) is 18.8 Å². The van der Waals surface area contributed by atoms with Crippen LogP contribution in [0.15, 0.2) is 48.8 Å². The van der Waals surface area contributed by atoms with Gasteiger partial charge in [-0.3, -0.25) is 4.98 Å². The lowest BCUT2D eigenvalue weighted by Crippen LogP contribution is -2.26. The van der Waals surface area contributed by atoms with Crippen molar-refractivity contribution in [3.05, 3.63) is 59.9 Å².